The molecule has 9 heteroatoms. The number of hydrazone groups is 1. The van der Waals surface area contributed by atoms with Crippen molar-refractivity contribution in [3.8, 4) is 11.5 Å². The molecule has 0 radical (unpaired) electrons. The first-order chi connectivity index (χ1) is 12.4. The number of methoxy groups -OCH3 is 1. The van der Waals surface area contributed by atoms with Crippen LogP contribution in [0.4, 0.5) is 5.69 Å². The molecular weight excluding hydrogens is 381 g/mol. The molecule has 0 aliphatic heterocycles. The Bertz CT molecular complexity index is 856. The summed E-state index contributed by atoms with van der Waals surface area (Å²) in [4.78, 5) is 23.6. The maximum absolute atomic E-state index is 11.8. The molecule has 0 saturated heterocycles. The van der Waals surface area contributed by atoms with Crippen molar-refractivity contribution in [2.24, 2.45) is 5.10 Å². The molecular formula is C17H15Cl2N3O4. The fraction of sp³-hybridized carbons (Fsp3) is 0.118. The van der Waals surface area contributed by atoms with Gasteiger partial charge in [-0.3, -0.25) is 9.59 Å². The minimum absolute atomic E-state index is 0.00680. The number of anilines is 1. The van der Waals surface area contributed by atoms with E-state index in [9.17, 15) is 14.7 Å². The molecule has 0 bridgehead atoms. The summed E-state index contributed by atoms with van der Waals surface area (Å²) in [7, 11) is 1.42. The summed E-state index contributed by atoms with van der Waals surface area (Å²) in [5.41, 5.74) is 3.26. The van der Waals surface area contributed by atoms with Crippen LogP contribution in [0, 0.1) is 0 Å². The molecule has 0 spiro atoms. The number of amides is 2. The first-order valence-electron chi connectivity index (χ1n) is 7.33. The van der Waals surface area contributed by atoms with E-state index in [4.69, 9.17) is 27.9 Å². The monoisotopic (exact) mass is 395 g/mol. The third-order valence-electron chi connectivity index (χ3n) is 3.13. The summed E-state index contributed by atoms with van der Waals surface area (Å²) < 4.78 is 4.97. The summed E-state index contributed by atoms with van der Waals surface area (Å²) in [6, 6.07) is 9.16. The number of rotatable bonds is 6. The van der Waals surface area contributed by atoms with Crippen molar-refractivity contribution in [2.75, 3.05) is 12.4 Å². The smallest absolute Gasteiger partial charge is 0.249 e. The second kappa shape index (κ2) is 9.07. The van der Waals surface area contributed by atoms with Gasteiger partial charge in [-0.2, -0.15) is 5.10 Å². The van der Waals surface area contributed by atoms with Gasteiger partial charge in [0, 0.05) is 5.69 Å². The van der Waals surface area contributed by atoms with Gasteiger partial charge < -0.3 is 15.2 Å². The predicted octanol–water partition coefficient (Wildman–Crippen LogP) is 3.19. The highest BCUT2D eigenvalue weighted by Gasteiger charge is 2.10. The van der Waals surface area contributed by atoms with E-state index in [1.165, 1.54) is 31.5 Å². The molecule has 2 rings (SSSR count). The predicted molar refractivity (Wildman–Crippen MR) is 100 cm³/mol. The van der Waals surface area contributed by atoms with E-state index in [-0.39, 0.29) is 11.5 Å². The van der Waals surface area contributed by atoms with E-state index >= 15 is 0 Å². The van der Waals surface area contributed by atoms with E-state index in [1.807, 2.05) is 0 Å². The number of phenols is 1. The van der Waals surface area contributed by atoms with Gasteiger partial charge in [0.05, 0.1) is 23.4 Å². The highest BCUT2D eigenvalue weighted by atomic mass is 35.5. The molecule has 0 atom stereocenters. The van der Waals surface area contributed by atoms with Crippen molar-refractivity contribution >= 4 is 46.9 Å². The lowest BCUT2D eigenvalue weighted by Crippen LogP contribution is -2.24. The molecule has 7 nitrogen and oxygen atoms in total. The number of halogens is 2. The van der Waals surface area contributed by atoms with Crippen molar-refractivity contribution in [2.45, 2.75) is 6.42 Å². The number of hydrogen-bond acceptors (Lipinski definition) is 5. The standard InChI is InChI=1S/C17H15Cl2N3O4/c1-26-15-6-10(2-5-14(15)23)9-20-22-17(25)8-16(24)21-11-3-4-12(18)13(19)7-11/h2-7,9,23H,8H2,1H3,(H,21,24)(H,22,25)/b20-9+. The van der Waals surface area contributed by atoms with Crippen LogP contribution >= 0.6 is 23.2 Å². The first-order valence-corrected chi connectivity index (χ1v) is 8.08. The fourth-order valence-electron chi connectivity index (χ4n) is 1.92. The average molecular weight is 396 g/mol. The largest absolute Gasteiger partial charge is 0.504 e. The Morgan fingerprint density at radius 1 is 1.15 bits per heavy atom. The van der Waals surface area contributed by atoms with E-state index in [2.05, 4.69) is 15.8 Å². The number of hydrogen-bond donors (Lipinski definition) is 3. The number of carbonyl (C=O) groups excluding carboxylic acids is 2. The zero-order chi connectivity index (χ0) is 19.1. The number of carbonyl (C=O) groups is 2. The Morgan fingerprint density at radius 2 is 1.92 bits per heavy atom. The summed E-state index contributed by atoms with van der Waals surface area (Å²) in [6.45, 7) is 0. The maximum Gasteiger partial charge on any atom is 0.249 e. The molecule has 2 aromatic carbocycles. The minimum atomic E-state index is -0.593. The number of nitrogens with one attached hydrogen (secondary N) is 2. The van der Waals surface area contributed by atoms with Gasteiger partial charge in [-0.15, -0.1) is 0 Å². The van der Waals surface area contributed by atoms with Crippen LogP contribution in [-0.4, -0.2) is 30.2 Å². The third-order valence-corrected chi connectivity index (χ3v) is 3.87. The summed E-state index contributed by atoms with van der Waals surface area (Å²) in [6.07, 6.45) is 0.938. The Kier molecular flexibility index (Phi) is 6.82. The zero-order valence-corrected chi connectivity index (χ0v) is 15.1. The molecule has 0 aliphatic rings. The highest BCUT2D eigenvalue weighted by molar-refractivity contribution is 6.42. The van der Waals surface area contributed by atoms with Crippen LogP contribution in [0.1, 0.15) is 12.0 Å². The van der Waals surface area contributed by atoms with Gasteiger partial charge in [0.2, 0.25) is 11.8 Å². The Balaban J connectivity index is 1.86. The van der Waals surface area contributed by atoms with E-state index in [0.29, 0.717) is 21.3 Å². The minimum Gasteiger partial charge on any atom is -0.504 e. The second-order valence-corrected chi connectivity index (χ2v) is 5.89. The lowest BCUT2D eigenvalue weighted by Gasteiger charge is -2.06. The molecule has 26 heavy (non-hydrogen) atoms. The molecule has 136 valence electrons. The SMILES string of the molecule is COc1cc(/C=N/NC(=O)CC(=O)Nc2ccc(Cl)c(Cl)c2)ccc1O. The van der Waals surface area contributed by atoms with E-state index in [1.54, 1.807) is 18.2 Å². The average Bonchev–Trinajstić information content (AvgIpc) is 2.59. The molecule has 0 aromatic heterocycles. The molecule has 0 unspecified atom stereocenters. The van der Waals surface area contributed by atoms with Crippen LogP contribution in [0.25, 0.3) is 0 Å². The normalized spacial score (nSPS) is 10.6. The van der Waals surface area contributed by atoms with Gasteiger partial charge >= 0.3 is 0 Å². The lowest BCUT2D eigenvalue weighted by molar-refractivity contribution is -0.126. The Labute approximate surface area is 159 Å². The van der Waals surface area contributed by atoms with Crippen LogP contribution in [0.2, 0.25) is 10.0 Å². The van der Waals surface area contributed by atoms with Gasteiger partial charge in [-0.1, -0.05) is 23.2 Å². The molecule has 2 amide bonds. The van der Waals surface area contributed by atoms with Gasteiger partial charge in [0.1, 0.15) is 6.42 Å². The first kappa shape index (κ1) is 19.6. The quantitative estimate of drug-likeness (QED) is 0.397. The highest BCUT2D eigenvalue weighted by Crippen LogP contribution is 2.26. The van der Waals surface area contributed by atoms with Gasteiger partial charge in [0.25, 0.3) is 0 Å². The number of nitrogens with zero attached hydrogens (tertiary/aromatic N) is 1. The van der Waals surface area contributed by atoms with Crippen LogP contribution in [0.3, 0.4) is 0 Å². The van der Waals surface area contributed by atoms with E-state index < -0.39 is 18.2 Å². The molecule has 0 fully saturated rings. The van der Waals surface area contributed by atoms with Gasteiger partial charge in [-0.05, 0) is 42.0 Å². The number of ether oxygens (including phenoxy) is 1. The number of aromatic hydroxyl groups is 1. The summed E-state index contributed by atoms with van der Waals surface area (Å²) >= 11 is 11.6. The van der Waals surface area contributed by atoms with Crippen LogP contribution in [0.15, 0.2) is 41.5 Å². The van der Waals surface area contributed by atoms with Crippen molar-refractivity contribution in [1.82, 2.24) is 5.43 Å². The molecule has 0 saturated carbocycles. The van der Waals surface area contributed by atoms with Crippen molar-refractivity contribution in [3.63, 3.8) is 0 Å². The second-order valence-electron chi connectivity index (χ2n) is 5.08. The van der Waals surface area contributed by atoms with Crippen LogP contribution in [-0.2, 0) is 9.59 Å². The number of phenolic OH excluding ortho intramolecular Hbond substituents is 1. The molecule has 3 N–H and O–H groups in total. The fourth-order valence-corrected chi connectivity index (χ4v) is 2.22. The molecule has 0 aliphatic carbocycles. The van der Waals surface area contributed by atoms with Crippen LogP contribution in [0.5, 0.6) is 11.5 Å². The summed E-state index contributed by atoms with van der Waals surface area (Å²) in [5, 5.41) is 16.4. The van der Waals surface area contributed by atoms with Crippen molar-refractivity contribution in [3.05, 3.63) is 52.0 Å². The summed E-state index contributed by atoms with van der Waals surface area (Å²) in [5.74, 6) is -0.846. The molecule has 0 heterocycles. The number of benzene rings is 2. The van der Waals surface area contributed by atoms with Crippen molar-refractivity contribution < 1.29 is 19.4 Å². The third kappa shape index (κ3) is 5.65. The Hall–Kier alpha value is -2.77. The lowest BCUT2D eigenvalue weighted by atomic mass is 10.2. The zero-order valence-electron chi connectivity index (χ0n) is 13.6. The van der Waals surface area contributed by atoms with Crippen molar-refractivity contribution in [1.29, 1.82) is 0 Å². The molecule has 2 aromatic rings. The maximum atomic E-state index is 11.8. The topological polar surface area (TPSA) is 100 Å². The van der Waals surface area contributed by atoms with Crippen LogP contribution < -0.4 is 15.5 Å². The Morgan fingerprint density at radius 3 is 2.62 bits per heavy atom. The van der Waals surface area contributed by atoms with Gasteiger partial charge in [-0.25, -0.2) is 5.43 Å². The van der Waals surface area contributed by atoms with E-state index in [0.717, 1.165) is 0 Å². The van der Waals surface area contributed by atoms with Gasteiger partial charge in [0.15, 0.2) is 11.5 Å².